The molecular formula is C41H40N4O. The average molecular weight is 605 g/mol. The standard InChI is InChI=1S/C41H40N4O/c1-5-7-9-13-31-22-23-42-40(25-31)44-38-21-18-30(6-2)24-37(38)36-20-19-35(27-39(36)44)46-34-17-12-16-33(26-34)45-29(4)41(28(3)43-45)32-14-10-8-11-15-32/h8,10-12,14-27H,5-7,9,13H2,1-4H3. The molecule has 0 aliphatic carbocycles. The maximum absolute atomic E-state index is 6.56. The zero-order valence-electron chi connectivity index (χ0n) is 27.1. The molecule has 0 aliphatic heterocycles. The predicted octanol–water partition coefficient (Wildman–Crippen LogP) is 10.7. The van der Waals surface area contributed by atoms with Gasteiger partial charge in [0.05, 0.1) is 22.4 Å². The van der Waals surface area contributed by atoms with Crippen molar-refractivity contribution in [2.45, 2.75) is 59.8 Å². The Bertz CT molecular complexity index is 2160. The molecule has 0 spiro atoms. The second-order valence-electron chi connectivity index (χ2n) is 12.1. The zero-order chi connectivity index (χ0) is 31.6. The third-order valence-corrected chi connectivity index (χ3v) is 8.97. The van der Waals surface area contributed by atoms with Gasteiger partial charge >= 0.3 is 0 Å². The van der Waals surface area contributed by atoms with Crippen LogP contribution in [0.3, 0.4) is 0 Å². The van der Waals surface area contributed by atoms with Crippen LogP contribution in [-0.4, -0.2) is 19.3 Å². The van der Waals surface area contributed by atoms with Crippen LogP contribution in [0.25, 0.3) is 44.4 Å². The molecule has 5 heteroatoms. The lowest BCUT2D eigenvalue weighted by Crippen LogP contribution is -2.00. The van der Waals surface area contributed by atoms with Crippen LogP contribution in [0.4, 0.5) is 0 Å². The number of unbranched alkanes of at least 4 members (excludes halogenated alkanes) is 2. The summed E-state index contributed by atoms with van der Waals surface area (Å²) in [5.41, 5.74) is 10.3. The lowest BCUT2D eigenvalue weighted by molar-refractivity contribution is 0.482. The maximum Gasteiger partial charge on any atom is 0.137 e. The molecule has 0 radical (unpaired) electrons. The summed E-state index contributed by atoms with van der Waals surface area (Å²) >= 11 is 0. The van der Waals surface area contributed by atoms with Crippen molar-refractivity contribution in [3.63, 3.8) is 0 Å². The Labute approximate surface area is 271 Å². The van der Waals surface area contributed by atoms with Crippen LogP contribution in [0.1, 0.15) is 55.6 Å². The van der Waals surface area contributed by atoms with E-state index in [1.54, 1.807) is 0 Å². The van der Waals surface area contributed by atoms with E-state index in [9.17, 15) is 0 Å². The Morgan fingerprint density at radius 2 is 1.54 bits per heavy atom. The number of rotatable bonds is 10. The molecule has 0 saturated heterocycles. The zero-order valence-corrected chi connectivity index (χ0v) is 27.1. The number of hydrogen-bond acceptors (Lipinski definition) is 3. The van der Waals surface area contributed by atoms with Crippen molar-refractivity contribution in [1.82, 2.24) is 19.3 Å². The third kappa shape index (κ3) is 5.58. The molecule has 5 nitrogen and oxygen atoms in total. The molecule has 0 aliphatic rings. The number of hydrogen-bond donors (Lipinski definition) is 0. The van der Waals surface area contributed by atoms with Crippen molar-refractivity contribution >= 4 is 21.8 Å². The first-order valence-electron chi connectivity index (χ1n) is 16.5. The highest BCUT2D eigenvalue weighted by atomic mass is 16.5. The van der Waals surface area contributed by atoms with Gasteiger partial charge in [-0.15, -0.1) is 0 Å². The van der Waals surface area contributed by atoms with Gasteiger partial charge in [0.1, 0.15) is 17.3 Å². The molecule has 46 heavy (non-hydrogen) atoms. The first-order valence-corrected chi connectivity index (χ1v) is 16.5. The molecule has 0 atom stereocenters. The number of aryl methyl sites for hydroxylation is 3. The van der Waals surface area contributed by atoms with Crippen molar-refractivity contribution in [3.05, 3.63) is 132 Å². The van der Waals surface area contributed by atoms with Crippen molar-refractivity contribution in [1.29, 1.82) is 0 Å². The first kappa shape index (κ1) is 29.5. The van der Waals surface area contributed by atoms with Gasteiger partial charge in [0, 0.05) is 40.4 Å². The van der Waals surface area contributed by atoms with Gasteiger partial charge in [-0.05, 0) is 98.3 Å². The summed E-state index contributed by atoms with van der Waals surface area (Å²) in [6.45, 7) is 8.65. The summed E-state index contributed by atoms with van der Waals surface area (Å²) in [4.78, 5) is 4.86. The molecule has 0 unspecified atom stereocenters. The van der Waals surface area contributed by atoms with Crippen LogP contribution < -0.4 is 4.74 Å². The average Bonchev–Trinajstić information content (AvgIpc) is 3.57. The van der Waals surface area contributed by atoms with E-state index in [1.165, 1.54) is 52.3 Å². The number of aromatic nitrogens is 4. The van der Waals surface area contributed by atoms with Gasteiger partial charge in [0.15, 0.2) is 0 Å². The van der Waals surface area contributed by atoms with Gasteiger partial charge < -0.3 is 4.74 Å². The normalized spacial score (nSPS) is 11.5. The molecule has 0 amide bonds. The minimum atomic E-state index is 0.762. The van der Waals surface area contributed by atoms with E-state index < -0.39 is 0 Å². The quantitative estimate of drug-likeness (QED) is 0.146. The fourth-order valence-corrected chi connectivity index (χ4v) is 6.63. The fraction of sp³-hybridized carbons (Fsp3) is 0.220. The molecular weight excluding hydrogens is 564 g/mol. The number of ether oxygens (including phenoxy) is 1. The molecule has 3 aromatic heterocycles. The van der Waals surface area contributed by atoms with Crippen molar-refractivity contribution in [2.75, 3.05) is 0 Å². The topological polar surface area (TPSA) is 44.9 Å². The maximum atomic E-state index is 6.56. The minimum absolute atomic E-state index is 0.762. The molecule has 0 saturated carbocycles. The Morgan fingerprint density at radius 1 is 0.696 bits per heavy atom. The predicted molar refractivity (Wildman–Crippen MR) is 190 cm³/mol. The number of pyridine rings is 1. The second kappa shape index (κ2) is 12.7. The summed E-state index contributed by atoms with van der Waals surface area (Å²) in [6, 6.07) is 36.2. The molecule has 0 N–H and O–H groups in total. The highest BCUT2D eigenvalue weighted by molar-refractivity contribution is 6.09. The van der Waals surface area contributed by atoms with E-state index in [1.807, 2.05) is 29.1 Å². The monoisotopic (exact) mass is 604 g/mol. The van der Waals surface area contributed by atoms with Gasteiger partial charge in [0.2, 0.25) is 0 Å². The van der Waals surface area contributed by atoms with Crippen molar-refractivity contribution < 1.29 is 4.74 Å². The van der Waals surface area contributed by atoms with Crippen LogP contribution in [0.15, 0.2) is 109 Å². The number of nitrogens with zero attached hydrogens (tertiary/aromatic N) is 4. The van der Waals surface area contributed by atoms with E-state index in [2.05, 4.69) is 117 Å². The van der Waals surface area contributed by atoms with E-state index >= 15 is 0 Å². The minimum Gasteiger partial charge on any atom is -0.457 e. The van der Waals surface area contributed by atoms with Gasteiger partial charge in [-0.2, -0.15) is 5.10 Å². The van der Waals surface area contributed by atoms with Gasteiger partial charge in [-0.25, -0.2) is 9.67 Å². The fourth-order valence-electron chi connectivity index (χ4n) is 6.63. The van der Waals surface area contributed by atoms with Gasteiger partial charge in [-0.1, -0.05) is 69.2 Å². The largest absolute Gasteiger partial charge is 0.457 e. The number of benzene rings is 4. The van der Waals surface area contributed by atoms with E-state index in [4.69, 9.17) is 14.8 Å². The molecule has 230 valence electrons. The summed E-state index contributed by atoms with van der Waals surface area (Å²) in [5.74, 6) is 2.48. The smallest absolute Gasteiger partial charge is 0.137 e. The first-order chi connectivity index (χ1) is 22.5. The molecule has 7 rings (SSSR count). The third-order valence-electron chi connectivity index (χ3n) is 8.97. The number of fused-ring (bicyclic) bond motifs is 3. The summed E-state index contributed by atoms with van der Waals surface area (Å²) in [5, 5.41) is 7.34. The molecule has 0 bridgehead atoms. The van der Waals surface area contributed by atoms with Crippen LogP contribution >= 0.6 is 0 Å². The highest BCUT2D eigenvalue weighted by Crippen LogP contribution is 2.36. The van der Waals surface area contributed by atoms with Gasteiger partial charge in [0.25, 0.3) is 0 Å². The lowest BCUT2D eigenvalue weighted by atomic mass is 10.0. The van der Waals surface area contributed by atoms with Crippen LogP contribution in [-0.2, 0) is 12.8 Å². The van der Waals surface area contributed by atoms with Crippen LogP contribution in [0, 0.1) is 13.8 Å². The Balaban J connectivity index is 1.27. The van der Waals surface area contributed by atoms with E-state index in [0.717, 1.165) is 58.3 Å². The Kier molecular flexibility index (Phi) is 8.15. The summed E-state index contributed by atoms with van der Waals surface area (Å²) in [7, 11) is 0. The molecule has 4 aromatic carbocycles. The van der Waals surface area contributed by atoms with Crippen molar-refractivity contribution in [3.8, 4) is 34.1 Å². The summed E-state index contributed by atoms with van der Waals surface area (Å²) in [6.07, 6.45) is 7.65. The lowest BCUT2D eigenvalue weighted by Gasteiger charge is -2.11. The molecule has 3 heterocycles. The SMILES string of the molecule is CCCCCc1ccnc(-n2c3ccc(CC)cc3c3ccc(Oc4cccc(-n5nc(C)c(-c6ccccc6)c5C)c4)cc32)c1. The highest BCUT2D eigenvalue weighted by Gasteiger charge is 2.17. The molecule has 0 fully saturated rings. The van der Waals surface area contributed by atoms with Gasteiger partial charge in [-0.3, -0.25) is 4.57 Å². The second-order valence-corrected chi connectivity index (χ2v) is 12.1. The van der Waals surface area contributed by atoms with Crippen molar-refractivity contribution in [2.24, 2.45) is 0 Å². The van der Waals surface area contributed by atoms with E-state index in [0.29, 0.717) is 0 Å². The Morgan fingerprint density at radius 3 is 2.37 bits per heavy atom. The molecule has 7 aromatic rings. The van der Waals surface area contributed by atoms with E-state index in [-0.39, 0.29) is 0 Å². The van der Waals surface area contributed by atoms with Crippen LogP contribution in [0.2, 0.25) is 0 Å². The Hall–Kier alpha value is -5.16. The summed E-state index contributed by atoms with van der Waals surface area (Å²) < 4.78 is 10.9. The van der Waals surface area contributed by atoms with Crippen LogP contribution in [0.5, 0.6) is 11.5 Å².